The number of esters is 6. The van der Waals surface area contributed by atoms with Crippen molar-refractivity contribution in [3.63, 3.8) is 0 Å². The van der Waals surface area contributed by atoms with E-state index in [0.717, 1.165) is 116 Å². The Morgan fingerprint density at radius 3 is 1.09 bits per heavy atom. The molecule has 8 aromatic carbocycles. The number of carboxylic acid groups (broad SMARTS) is 2. The van der Waals surface area contributed by atoms with E-state index in [0.29, 0.717) is 93.1 Å². The van der Waals surface area contributed by atoms with E-state index < -0.39 is 92.8 Å². The Kier molecular flexibility index (Phi) is 37.8. The zero-order valence-corrected chi connectivity index (χ0v) is 81.8. The van der Waals surface area contributed by atoms with Crippen LogP contribution in [0.2, 0.25) is 6.32 Å². The Morgan fingerprint density at radius 2 is 0.715 bits per heavy atom. The van der Waals surface area contributed by atoms with Gasteiger partial charge in [-0.25, -0.2) is 0 Å². The summed E-state index contributed by atoms with van der Waals surface area (Å²) in [5, 5.41) is 66.6. The minimum Gasteiger partial charge on any atom is -0.481 e. The topological polar surface area (TPSA) is 396 Å². The van der Waals surface area contributed by atoms with Crippen LogP contribution in [0, 0.1) is 63.6 Å². The van der Waals surface area contributed by atoms with Crippen LogP contribution in [-0.2, 0) is 159 Å². The molecule has 13 rings (SSSR count). The lowest BCUT2D eigenvalue weighted by Crippen LogP contribution is -2.44. The highest BCUT2D eigenvalue weighted by molar-refractivity contribution is 6.40. The van der Waals surface area contributed by atoms with Gasteiger partial charge in [-0.2, -0.15) is 15.8 Å². The smallest absolute Gasteiger partial charge is 0.451 e. The van der Waals surface area contributed by atoms with Crippen LogP contribution in [0.5, 0.6) is 0 Å². The first-order valence-corrected chi connectivity index (χ1v) is 47.6. The summed E-state index contributed by atoms with van der Waals surface area (Å²) >= 11 is 0. The van der Waals surface area contributed by atoms with E-state index >= 15 is 0 Å². The van der Waals surface area contributed by atoms with Crippen LogP contribution in [-0.4, -0.2) is 91.9 Å². The quantitative estimate of drug-likeness (QED) is 0.00963. The van der Waals surface area contributed by atoms with E-state index in [1.807, 2.05) is 191 Å². The fraction of sp³-hybridized carbons (Fsp3) is 0.442. The summed E-state index contributed by atoms with van der Waals surface area (Å²) in [6, 6.07) is 63.0. The minimum absolute atomic E-state index is 0.0450. The number of carboxylic acids is 2. The van der Waals surface area contributed by atoms with E-state index in [-0.39, 0.29) is 81.0 Å². The number of benzene rings is 8. The molecule has 0 saturated carbocycles. The van der Waals surface area contributed by atoms with Crippen molar-refractivity contribution < 1.29 is 87.0 Å². The largest absolute Gasteiger partial charge is 0.481 e. The molecule has 0 fully saturated rings. The number of hydrogen-bond acceptors (Lipinski definition) is 21. The number of nitrogens with two attached hydrogens (primary N) is 2. The van der Waals surface area contributed by atoms with Gasteiger partial charge in [0.25, 0.3) is 0 Å². The van der Waals surface area contributed by atoms with Crippen molar-refractivity contribution in [2.45, 2.75) is 289 Å². The summed E-state index contributed by atoms with van der Waals surface area (Å²) < 4.78 is 34.0. The maximum atomic E-state index is 13.9. The number of allylic oxidation sites excluding steroid dienone is 2. The second-order valence-corrected chi connectivity index (χ2v) is 39.8. The van der Waals surface area contributed by atoms with Crippen LogP contribution >= 0.6 is 0 Å². The lowest BCUT2D eigenvalue weighted by atomic mass is 9.70. The van der Waals surface area contributed by atoms with Gasteiger partial charge in [-0.3, -0.25) is 38.4 Å². The monoisotopic (exact) mass is 1860 g/mol. The zero-order valence-electron chi connectivity index (χ0n) is 81.8. The fourth-order valence-corrected chi connectivity index (χ4v) is 20.6. The number of carbonyl (C=O) groups is 8. The number of nitrogens with zero attached hydrogens (tertiary/aromatic N) is 3. The summed E-state index contributed by atoms with van der Waals surface area (Å²) in [7, 11) is -1.33. The molecular formula is C113H136BN5O18. The van der Waals surface area contributed by atoms with Crippen molar-refractivity contribution in [3.8, 4) is 18.2 Å². The Bertz CT molecular complexity index is 5720. The maximum Gasteiger partial charge on any atom is 0.451 e. The molecule has 0 amide bonds. The van der Waals surface area contributed by atoms with Gasteiger partial charge in [0.15, 0.2) is 0 Å². The van der Waals surface area contributed by atoms with E-state index in [9.17, 15) is 64.4 Å². The number of rotatable bonds is 33. The molecule has 0 spiro atoms. The first kappa shape index (κ1) is 108. The van der Waals surface area contributed by atoms with Gasteiger partial charge < -0.3 is 60.1 Å². The van der Waals surface area contributed by atoms with E-state index in [1.54, 1.807) is 78.8 Å². The molecule has 0 unspecified atom stereocenters. The third-order valence-corrected chi connectivity index (χ3v) is 27.3. The molecule has 0 aromatic heterocycles. The lowest BCUT2D eigenvalue weighted by Gasteiger charge is -2.34. The molecule has 0 radical (unpaired) electrons. The lowest BCUT2D eigenvalue weighted by molar-refractivity contribution is -0.166. The van der Waals surface area contributed by atoms with Gasteiger partial charge in [0, 0.05) is 13.1 Å². The average molecular weight is 1860 g/mol. The number of nitriles is 3. The average Bonchev–Trinajstić information content (AvgIpc) is 1.56. The second-order valence-electron chi connectivity index (χ2n) is 39.8. The number of ether oxygens (including phenoxy) is 6. The molecule has 5 aliphatic carbocycles. The first-order chi connectivity index (χ1) is 65.1. The molecule has 0 aliphatic heterocycles. The van der Waals surface area contributed by atoms with Gasteiger partial charge in [-0.15, -0.1) is 13.2 Å². The summed E-state index contributed by atoms with van der Waals surface area (Å²) in [4.78, 5) is 104. The third kappa shape index (κ3) is 25.6. The van der Waals surface area contributed by atoms with E-state index in [2.05, 4.69) is 45.2 Å². The SMILES string of the molecule is C=CC[C@H]1Cc2c(C#N)cccc2[C@@]1(C)C(=O)OCc1ccccc1.C=CC[C@H]1Cc2c(C#N)cccc2[C@@]1(CC(=O)OC(C)(C)C)C(=O)OCc1ccccc1.CCCC[C@H]1Cc2c(C#N)cccc2[C@@]1(CC(=O)OC(C)(C)C)C(=O)OCc1ccccc1.CCCC[C@H]1Cc2c(CN)cccc2[C@@]1(CC(=O)OC(C)(C)C)C(=O)O.C[C@@]1(C(=O)O)c2cccc(CN)c2C[C@@H]1CCCB(O)O. The van der Waals surface area contributed by atoms with Gasteiger partial charge in [0.05, 0.1) is 65.0 Å². The Morgan fingerprint density at radius 1 is 0.401 bits per heavy atom. The van der Waals surface area contributed by atoms with Gasteiger partial charge in [-0.1, -0.05) is 222 Å². The van der Waals surface area contributed by atoms with Crippen molar-refractivity contribution in [3.05, 3.63) is 307 Å². The van der Waals surface area contributed by atoms with Crippen LogP contribution in [0.15, 0.2) is 207 Å². The second kappa shape index (κ2) is 47.9. The number of aliphatic carboxylic acids is 2. The van der Waals surface area contributed by atoms with Crippen LogP contribution in [0.3, 0.4) is 0 Å². The van der Waals surface area contributed by atoms with Crippen molar-refractivity contribution in [1.29, 1.82) is 15.8 Å². The van der Waals surface area contributed by atoms with Crippen molar-refractivity contribution in [1.82, 2.24) is 0 Å². The van der Waals surface area contributed by atoms with Crippen LogP contribution < -0.4 is 11.5 Å². The molecule has 137 heavy (non-hydrogen) atoms. The predicted octanol–water partition coefficient (Wildman–Crippen LogP) is 19.4. The van der Waals surface area contributed by atoms with Gasteiger partial charge in [0.1, 0.15) is 52.9 Å². The highest BCUT2D eigenvalue weighted by atomic mass is 16.6. The molecule has 5 aliphatic rings. The molecule has 8 aromatic rings. The molecule has 10 atom stereocenters. The Hall–Kier alpha value is -12.6. The van der Waals surface area contributed by atoms with Gasteiger partial charge in [0.2, 0.25) is 0 Å². The van der Waals surface area contributed by atoms with Crippen LogP contribution in [0.4, 0.5) is 0 Å². The number of hydrogen-bond donors (Lipinski definition) is 6. The molecule has 24 heteroatoms. The fourth-order valence-electron chi connectivity index (χ4n) is 20.6. The minimum atomic E-state index is -1.33. The molecule has 724 valence electrons. The van der Waals surface area contributed by atoms with E-state index in [1.165, 1.54) is 0 Å². The normalized spacial score (nSPS) is 21.0. The maximum absolute atomic E-state index is 13.9. The van der Waals surface area contributed by atoms with Crippen molar-refractivity contribution >= 4 is 54.9 Å². The molecule has 0 bridgehead atoms. The summed E-state index contributed by atoms with van der Waals surface area (Å²) in [5.41, 5.74) is 19.3. The number of unbranched alkanes of at least 4 members (excludes halogenated alkanes) is 2. The number of fused-ring (bicyclic) bond motifs is 5. The van der Waals surface area contributed by atoms with Crippen LogP contribution in [0.1, 0.15) is 274 Å². The summed E-state index contributed by atoms with van der Waals surface area (Å²) in [5.74, 6) is -4.82. The van der Waals surface area contributed by atoms with Gasteiger partial charge in [-0.05, 0) is 278 Å². The third-order valence-electron chi connectivity index (χ3n) is 27.3. The zero-order chi connectivity index (χ0) is 100. The summed E-state index contributed by atoms with van der Waals surface area (Å²) in [6.45, 7) is 33.0. The standard InChI is InChI=1S/C28H33NO4.C27H29NO4.C22H21NO2.C21H31NO4.C15H22BNO4/c1-5-6-14-22-16-23-21(18-29)13-10-15-24(23)28(22,17-25(30)33-27(2,3)4)26(31)32-19-20-11-8-7-9-12-20;1-5-10-21-15-22-20(17-28)13-9-14-23(22)27(21,16-24(29)32-26(2,3)4)25(30)31-18-19-11-7-6-8-12-19;1-3-8-18-13-19-17(14-23)11-7-12-20(19)22(18,2)21(24)25-15-16-9-5-4-6-10-16;1-5-6-9-15-11-16-14(13-22)8-7-10-17(16)21(15,19(24)25)12-18(23)26-20(2,3)4;1-15(14(18)19)11(5-3-7-16(20)21)8-12-10(9-17)4-2-6-13(12)15/h7-13,15,22H,5-6,14,16-17,19H2,1-4H3;5-9,11-14,21H,1,10,15-16,18H2,2-4H3;3-7,9-12,18H,1,8,13,15H2,2H3;7-8,10,15H,5-6,9,11-13,22H2,1-4H3,(H,24,25);2,4,6,11,20-21H,3,5,7-9,17H2,1H3,(H,18,19)/t22-,28-;21-,27-;18-,22-;15-,21-;11-,15-/m00000/s1. The van der Waals surface area contributed by atoms with Crippen molar-refractivity contribution in [2.75, 3.05) is 0 Å². The molecule has 23 nitrogen and oxygen atoms in total. The molecule has 8 N–H and O–H groups in total. The molecule has 0 saturated heterocycles. The number of carbonyl (C=O) groups excluding carboxylic acids is 6. The highest BCUT2D eigenvalue weighted by Crippen LogP contribution is 2.55. The Labute approximate surface area is 808 Å². The van der Waals surface area contributed by atoms with Crippen molar-refractivity contribution in [2.24, 2.45) is 41.1 Å². The highest BCUT2D eigenvalue weighted by Gasteiger charge is 2.59. The van der Waals surface area contributed by atoms with E-state index in [4.69, 9.17) is 49.9 Å². The Balaban J connectivity index is 0.000000193. The summed E-state index contributed by atoms with van der Waals surface area (Å²) in [6.07, 6.45) is 14.3. The predicted molar refractivity (Wildman–Crippen MR) is 526 cm³/mol. The van der Waals surface area contributed by atoms with Gasteiger partial charge >= 0.3 is 54.9 Å². The van der Waals surface area contributed by atoms with Crippen LogP contribution in [0.25, 0.3) is 0 Å². The molecule has 0 heterocycles. The first-order valence-electron chi connectivity index (χ1n) is 47.6. The molecular weight excluding hydrogens is 1730 g/mol.